The van der Waals surface area contributed by atoms with Crippen LogP contribution in [0.5, 0.6) is 0 Å². The van der Waals surface area contributed by atoms with Gasteiger partial charge in [0.1, 0.15) is 0 Å². The number of rotatable bonds is 4. The molecule has 0 aliphatic carbocycles. The molecule has 23 heavy (non-hydrogen) atoms. The zero-order valence-corrected chi connectivity index (χ0v) is 12.9. The van der Waals surface area contributed by atoms with Gasteiger partial charge < -0.3 is 10.1 Å². The van der Waals surface area contributed by atoms with E-state index in [4.69, 9.17) is 16.3 Å². The fourth-order valence-corrected chi connectivity index (χ4v) is 2.49. The quantitative estimate of drug-likeness (QED) is 0.878. The van der Waals surface area contributed by atoms with E-state index in [0.29, 0.717) is 17.1 Å². The second-order valence-electron chi connectivity index (χ2n) is 5.13. The van der Waals surface area contributed by atoms with Gasteiger partial charge in [-0.1, -0.05) is 54.1 Å². The van der Waals surface area contributed by atoms with Crippen LogP contribution in [0.3, 0.4) is 0 Å². The molecule has 1 heterocycles. The highest BCUT2D eigenvalue weighted by Gasteiger charge is 2.33. The summed E-state index contributed by atoms with van der Waals surface area (Å²) in [6, 6.07) is 16.5. The molecule has 2 aromatic carbocycles. The number of esters is 1. The van der Waals surface area contributed by atoms with Gasteiger partial charge in [0.15, 0.2) is 0 Å². The third-order valence-corrected chi connectivity index (χ3v) is 3.77. The standard InChI is InChI=1S/C18H14ClNO3/c19-14-8-6-13(7-9-14)15-10-16(21)23-17(15)18(22)20-11-12-4-2-1-3-5-12/h1-10,17H,11H2,(H,20,22). The third kappa shape index (κ3) is 3.60. The number of carbonyl (C=O) groups is 2. The van der Waals surface area contributed by atoms with Crippen molar-refractivity contribution in [3.63, 3.8) is 0 Å². The van der Waals surface area contributed by atoms with E-state index in [1.54, 1.807) is 24.3 Å². The molecule has 0 spiro atoms. The molecule has 0 aromatic heterocycles. The lowest BCUT2D eigenvalue weighted by Crippen LogP contribution is -2.35. The topological polar surface area (TPSA) is 55.4 Å². The van der Waals surface area contributed by atoms with Crippen molar-refractivity contribution in [2.24, 2.45) is 0 Å². The maximum absolute atomic E-state index is 12.4. The molecular formula is C18H14ClNO3. The number of amides is 1. The van der Waals surface area contributed by atoms with Gasteiger partial charge in [-0.25, -0.2) is 4.79 Å². The predicted molar refractivity (Wildman–Crippen MR) is 87.6 cm³/mol. The lowest BCUT2D eigenvalue weighted by molar-refractivity contribution is -0.145. The van der Waals surface area contributed by atoms with Crippen LogP contribution in [-0.2, 0) is 20.9 Å². The molecule has 2 aromatic rings. The van der Waals surface area contributed by atoms with E-state index in [-0.39, 0.29) is 5.91 Å². The van der Waals surface area contributed by atoms with Crippen LogP contribution in [0, 0.1) is 0 Å². The molecule has 1 aliphatic rings. The van der Waals surface area contributed by atoms with Gasteiger partial charge in [0.25, 0.3) is 5.91 Å². The number of hydrogen-bond acceptors (Lipinski definition) is 3. The average Bonchev–Trinajstić information content (AvgIpc) is 2.96. The van der Waals surface area contributed by atoms with E-state index < -0.39 is 12.1 Å². The Kier molecular flexibility index (Phi) is 4.44. The van der Waals surface area contributed by atoms with Crippen molar-refractivity contribution in [3.8, 4) is 0 Å². The van der Waals surface area contributed by atoms with Crippen molar-refractivity contribution < 1.29 is 14.3 Å². The molecule has 0 bridgehead atoms. The normalized spacial score (nSPS) is 16.7. The van der Waals surface area contributed by atoms with Crippen molar-refractivity contribution in [2.45, 2.75) is 12.6 Å². The van der Waals surface area contributed by atoms with E-state index in [1.165, 1.54) is 6.08 Å². The number of benzene rings is 2. The van der Waals surface area contributed by atoms with Crippen molar-refractivity contribution >= 4 is 29.1 Å². The first-order valence-electron chi connectivity index (χ1n) is 7.13. The van der Waals surface area contributed by atoms with Gasteiger partial charge in [-0.05, 0) is 23.3 Å². The van der Waals surface area contributed by atoms with Crippen LogP contribution in [0.4, 0.5) is 0 Å². The number of halogens is 1. The molecule has 0 saturated carbocycles. The minimum Gasteiger partial charge on any atom is -0.444 e. The molecule has 3 rings (SSSR count). The molecule has 1 aliphatic heterocycles. The lowest BCUT2D eigenvalue weighted by atomic mass is 10.0. The van der Waals surface area contributed by atoms with E-state index >= 15 is 0 Å². The molecule has 5 heteroatoms. The monoisotopic (exact) mass is 327 g/mol. The van der Waals surface area contributed by atoms with Crippen LogP contribution in [0.25, 0.3) is 5.57 Å². The van der Waals surface area contributed by atoms with Gasteiger partial charge in [-0.3, -0.25) is 4.79 Å². The molecule has 1 N–H and O–H groups in total. The Labute approximate surface area is 138 Å². The Bertz CT molecular complexity index is 754. The van der Waals surface area contributed by atoms with Crippen LogP contribution >= 0.6 is 11.6 Å². The molecule has 0 radical (unpaired) electrons. The van der Waals surface area contributed by atoms with E-state index in [2.05, 4.69) is 5.32 Å². The summed E-state index contributed by atoms with van der Waals surface area (Å²) < 4.78 is 5.13. The Morgan fingerprint density at radius 2 is 1.78 bits per heavy atom. The highest BCUT2D eigenvalue weighted by molar-refractivity contribution is 6.30. The van der Waals surface area contributed by atoms with E-state index in [9.17, 15) is 9.59 Å². The van der Waals surface area contributed by atoms with Crippen molar-refractivity contribution in [3.05, 3.63) is 76.8 Å². The minimum absolute atomic E-state index is 0.346. The van der Waals surface area contributed by atoms with Crippen LogP contribution in [0.2, 0.25) is 5.02 Å². The number of cyclic esters (lactones) is 1. The van der Waals surface area contributed by atoms with Crippen LogP contribution < -0.4 is 5.32 Å². The maximum Gasteiger partial charge on any atom is 0.332 e. The number of nitrogens with one attached hydrogen (secondary N) is 1. The average molecular weight is 328 g/mol. The summed E-state index contributed by atoms with van der Waals surface area (Å²) in [7, 11) is 0. The summed E-state index contributed by atoms with van der Waals surface area (Å²) in [5.41, 5.74) is 2.25. The van der Waals surface area contributed by atoms with E-state index in [0.717, 1.165) is 11.1 Å². The van der Waals surface area contributed by atoms with Gasteiger partial charge >= 0.3 is 5.97 Å². The second-order valence-corrected chi connectivity index (χ2v) is 5.56. The van der Waals surface area contributed by atoms with Gasteiger partial charge in [0.05, 0.1) is 0 Å². The largest absolute Gasteiger partial charge is 0.444 e. The second kappa shape index (κ2) is 6.67. The van der Waals surface area contributed by atoms with Gasteiger partial charge in [-0.2, -0.15) is 0 Å². The Morgan fingerprint density at radius 3 is 2.48 bits per heavy atom. The molecule has 116 valence electrons. The van der Waals surface area contributed by atoms with Gasteiger partial charge in [-0.15, -0.1) is 0 Å². The highest BCUT2D eigenvalue weighted by atomic mass is 35.5. The molecular weight excluding hydrogens is 314 g/mol. The first-order chi connectivity index (χ1) is 11.1. The molecule has 0 fully saturated rings. The van der Waals surface area contributed by atoms with Gasteiger partial charge in [0.2, 0.25) is 6.10 Å². The lowest BCUT2D eigenvalue weighted by Gasteiger charge is -2.14. The fourth-order valence-electron chi connectivity index (χ4n) is 2.37. The predicted octanol–water partition coefficient (Wildman–Crippen LogP) is 2.97. The summed E-state index contributed by atoms with van der Waals surface area (Å²) in [6.45, 7) is 0.377. The van der Waals surface area contributed by atoms with Crippen LogP contribution in [0.15, 0.2) is 60.7 Å². The summed E-state index contributed by atoms with van der Waals surface area (Å²) in [4.78, 5) is 23.9. The molecule has 4 nitrogen and oxygen atoms in total. The molecule has 1 amide bonds. The summed E-state index contributed by atoms with van der Waals surface area (Å²) >= 11 is 5.87. The Morgan fingerprint density at radius 1 is 1.09 bits per heavy atom. The highest BCUT2D eigenvalue weighted by Crippen LogP contribution is 2.27. The van der Waals surface area contributed by atoms with Crippen molar-refractivity contribution in [1.29, 1.82) is 0 Å². The fraction of sp³-hybridized carbons (Fsp3) is 0.111. The van der Waals surface area contributed by atoms with Crippen molar-refractivity contribution in [2.75, 3.05) is 0 Å². The number of ether oxygens (including phenoxy) is 1. The minimum atomic E-state index is -0.938. The van der Waals surface area contributed by atoms with Gasteiger partial charge in [0, 0.05) is 23.2 Å². The summed E-state index contributed by atoms with van der Waals surface area (Å²) in [5, 5.41) is 3.38. The summed E-state index contributed by atoms with van der Waals surface area (Å²) in [6.07, 6.45) is 0.406. The first-order valence-corrected chi connectivity index (χ1v) is 7.51. The molecule has 1 atom stereocenters. The maximum atomic E-state index is 12.4. The zero-order valence-electron chi connectivity index (χ0n) is 12.2. The Hall–Kier alpha value is -2.59. The van der Waals surface area contributed by atoms with Crippen LogP contribution in [-0.4, -0.2) is 18.0 Å². The smallest absolute Gasteiger partial charge is 0.332 e. The first kappa shape index (κ1) is 15.3. The zero-order chi connectivity index (χ0) is 16.2. The SMILES string of the molecule is O=C1C=C(c2ccc(Cl)cc2)C(C(=O)NCc2ccccc2)O1. The number of carbonyl (C=O) groups excluding carboxylic acids is 2. The van der Waals surface area contributed by atoms with Crippen molar-refractivity contribution in [1.82, 2.24) is 5.32 Å². The third-order valence-electron chi connectivity index (χ3n) is 3.52. The molecule has 0 saturated heterocycles. The Balaban J connectivity index is 1.73. The molecule has 1 unspecified atom stereocenters. The number of hydrogen-bond donors (Lipinski definition) is 1. The summed E-state index contributed by atoms with van der Waals surface area (Å²) in [5.74, 6) is -0.865. The van der Waals surface area contributed by atoms with Crippen LogP contribution in [0.1, 0.15) is 11.1 Å². The van der Waals surface area contributed by atoms with E-state index in [1.807, 2.05) is 30.3 Å².